The Morgan fingerprint density at radius 3 is 2.42 bits per heavy atom. The molecule has 0 aromatic heterocycles. The fraction of sp³-hybridized carbons (Fsp3) is 0.222. The molecule has 0 heterocycles. The number of benzene rings is 2. The van der Waals surface area contributed by atoms with E-state index >= 15 is 0 Å². The number of amides is 1. The lowest BCUT2D eigenvalue weighted by molar-refractivity contribution is -0.123. The molecule has 5 nitrogen and oxygen atoms in total. The fourth-order valence-electron chi connectivity index (χ4n) is 2.05. The predicted molar refractivity (Wildman–Crippen MR) is 95.2 cm³/mol. The Balaban J connectivity index is 2.05. The highest BCUT2D eigenvalue weighted by atomic mass is 79.9. The van der Waals surface area contributed by atoms with Gasteiger partial charge in [0.2, 0.25) is 0 Å². The van der Waals surface area contributed by atoms with E-state index < -0.39 is 18.0 Å². The second kappa shape index (κ2) is 7.49. The minimum absolute atomic E-state index is 0.0335. The standard InChI is InChI=1S/C18H18BrNO4/c1-10-5-7-16(21)13(8-10)18(23)24-12(3)17(22)20-15-6-4-11(2)9-14(15)19/h4-9,12,21H,1-3H3,(H,20,22)/t12-/m0/s1. The van der Waals surface area contributed by atoms with Gasteiger partial charge < -0.3 is 15.2 Å². The van der Waals surface area contributed by atoms with Crippen molar-refractivity contribution in [2.75, 3.05) is 5.32 Å². The van der Waals surface area contributed by atoms with E-state index in [9.17, 15) is 14.7 Å². The van der Waals surface area contributed by atoms with Crippen LogP contribution < -0.4 is 5.32 Å². The summed E-state index contributed by atoms with van der Waals surface area (Å²) in [6.45, 7) is 5.21. The Morgan fingerprint density at radius 1 is 1.12 bits per heavy atom. The quantitative estimate of drug-likeness (QED) is 0.773. The van der Waals surface area contributed by atoms with Crippen LogP contribution in [0.4, 0.5) is 5.69 Å². The van der Waals surface area contributed by atoms with E-state index in [1.807, 2.05) is 19.1 Å². The molecule has 24 heavy (non-hydrogen) atoms. The van der Waals surface area contributed by atoms with Crippen molar-refractivity contribution >= 4 is 33.5 Å². The Bertz CT molecular complexity index is 789. The van der Waals surface area contributed by atoms with Crippen molar-refractivity contribution in [2.24, 2.45) is 0 Å². The molecule has 2 rings (SSSR count). The molecule has 0 fully saturated rings. The normalized spacial score (nSPS) is 11.7. The first-order valence-corrected chi connectivity index (χ1v) is 8.15. The van der Waals surface area contributed by atoms with Crippen LogP contribution in [0.5, 0.6) is 5.75 Å². The summed E-state index contributed by atoms with van der Waals surface area (Å²) >= 11 is 3.37. The zero-order chi connectivity index (χ0) is 17.9. The molecule has 0 saturated heterocycles. The highest BCUT2D eigenvalue weighted by molar-refractivity contribution is 9.10. The molecular weight excluding hydrogens is 374 g/mol. The van der Waals surface area contributed by atoms with Crippen LogP contribution in [-0.4, -0.2) is 23.1 Å². The maximum atomic E-state index is 12.2. The zero-order valence-electron chi connectivity index (χ0n) is 13.6. The molecule has 6 heteroatoms. The molecule has 0 aliphatic carbocycles. The van der Waals surface area contributed by atoms with Gasteiger partial charge in [-0.15, -0.1) is 0 Å². The summed E-state index contributed by atoms with van der Waals surface area (Å²) in [5.41, 5.74) is 2.48. The number of anilines is 1. The third-order valence-electron chi connectivity index (χ3n) is 3.41. The third-order valence-corrected chi connectivity index (χ3v) is 4.06. The molecule has 2 aromatic rings. The van der Waals surface area contributed by atoms with Gasteiger partial charge in [-0.3, -0.25) is 4.79 Å². The average molecular weight is 392 g/mol. The van der Waals surface area contributed by atoms with E-state index in [0.29, 0.717) is 5.69 Å². The lowest BCUT2D eigenvalue weighted by Crippen LogP contribution is -2.30. The molecule has 0 bridgehead atoms. The number of hydrogen-bond acceptors (Lipinski definition) is 4. The van der Waals surface area contributed by atoms with E-state index in [1.165, 1.54) is 19.1 Å². The SMILES string of the molecule is Cc1ccc(NC(=O)[C@H](C)OC(=O)c2cc(C)ccc2O)c(Br)c1. The Hall–Kier alpha value is -2.34. The minimum atomic E-state index is -1.01. The maximum Gasteiger partial charge on any atom is 0.342 e. The zero-order valence-corrected chi connectivity index (χ0v) is 15.2. The summed E-state index contributed by atoms with van der Waals surface area (Å²) in [7, 11) is 0. The van der Waals surface area contributed by atoms with Crippen LogP contribution in [-0.2, 0) is 9.53 Å². The number of carbonyl (C=O) groups is 2. The minimum Gasteiger partial charge on any atom is -0.507 e. The summed E-state index contributed by atoms with van der Waals surface area (Å²) in [6.07, 6.45) is -1.01. The van der Waals surface area contributed by atoms with Crippen molar-refractivity contribution in [3.63, 3.8) is 0 Å². The number of esters is 1. The topological polar surface area (TPSA) is 75.6 Å². The number of carbonyl (C=O) groups excluding carboxylic acids is 2. The molecule has 0 spiro atoms. The predicted octanol–water partition coefficient (Wildman–Crippen LogP) is 3.96. The number of phenolic OH excluding ortho intramolecular Hbond substituents is 1. The molecule has 2 N–H and O–H groups in total. The first-order valence-electron chi connectivity index (χ1n) is 7.35. The second-order valence-corrected chi connectivity index (χ2v) is 6.40. The summed E-state index contributed by atoms with van der Waals surface area (Å²) in [5.74, 6) is -1.39. The van der Waals surface area contributed by atoms with Crippen molar-refractivity contribution in [1.82, 2.24) is 0 Å². The molecule has 1 amide bonds. The van der Waals surface area contributed by atoms with Gasteiger partial charge in [0, 0.05) is 4.47 Å². The molecule has 0 aliphatic rings. The van der Waals surface area contributed by atoms with Gasteiger partial charge in [-0.05, 0) is 66.5 Å². The number of hydrogen-bond donors (Lipinski definition) is 2. The van der Waals surface area contributed by atoms with Crippen LogP contribution in [0.2, 0.25) is 0 Å². The van der Waals surface area contributed by atoms with Gasteiger partial charge in [0.25, 0.3) is 5.91 Å². The van der Waals surface area contributed by atoms with Crippen molar-refractivity contribution in [2.45, 2.75) is 26.9 Å². The van der Waals surface area contributed by atoms with Crippen LogP contribution in [0.15, 0.2) is 40.9 Å². The van der Waals surface area contributed by atoms with Gasteiger partial charge in [-0.2, -0.15) is 0 Å². The molecule has 0 radical (unpaired) electrons. The van der Waals surface area contributed by atoms with Crippen LogP contribution in [0.25, 0.3) is 0 Å². The van der Waals surface area contributed by atoms with E-state index in [0.717, 1.165) is 15.6 Å². The summed E-state index contributed by atoms with van der Waals surface area (Å²) in [6, 6.07) is 10.1. The fourth-order valence-corrected chi connectivity index (χ4v) is 2.64. The van der Waals surface area contributed by atoms with Crippen LogP contribution in [0.1, 0.15) is 28.4 Å². The number of ether oxygens (including phenoxy) is 1. The highest BCUT2D eigenvalue weighted by Gasteiger charge is 2.21. The Labute approximate surface area is 148 Å². The number of aromatic hydroxyl groups is 1. The van der Waals surface area contributed by atoms with E-state index in [2.05, 4.69) is 21.2 Å². The summed E-state index contributed by atoms with van der Waals surface area (Å²) < 4.78 is 5.88. The van der Waals surface area contributed by atoms with Crippen molar-refractivity contribution in [1.29, 1.82) is 0 Å². The van der Waals surface area contributed by atoms with Crippen molar-refractivity contribution in [3.05, 3.63) is 57.6 Å². The van der Waals surface area contributed by atoms with Gasteiger partial charge in [-0.1, -0.05) is 17.7 Å². The third kappa shape index (κ3) is 4.35. The maximum absolute atomic E-state index is 12.2. The lowest BCUT2D eigenvalue weighted by Gasteiger charge is -2.15. The molecule has 0 unspecified atom stereocenters. The number of rotatable bonds is 4. The summed E-state index contributed by atoms with van der Waals surface area (Å²) in [4.78, 5) is 24.3. The van der Waals surface area contributed by atoms with Gasteiger partial charge in [-0.25, -0.2) is 4.79 Å². The first kappa shape index (κ1) is 18.0. The van der Waals surface area contributed by atoms with Crippen LogP contribution in [0.3, 0.4) is 0 Å². The second-order valence-electron chi connectivity index (χ2n) is 5.54. The van der Waals surface area contributed by atoms with Gasteiger partial charge in [0.1, 0.15) is 11.3 Å². The monoisotopic (exact) mass is 391 g/mol. The largest absolute Gasteiger partial charge is 0.507 e. The van der Waals surface area contributed by atoms with Gasteiger partial charge >= 0.3 is 5.97 Å². The van der Waals surface area contributed by atoms with Gasteiger partial charge in [0.15, 0.2) is 6.10 Å². The smallest absolute Gasteiger partial charge is 0.342 e. The van der Waals surface area contributed by atoms with Crippen LogP contribution in [0, 0.1) is 13.8 Å². The van der Waals surface area contributed by atoms with E-state index in [1.54, 1.807) is 19.1 Å². The molecule has 126 valence electrons. The van der Waals surface area contributed by atoms with Crippen molar-refractivity contribution in [3.8, 4) is 5.75 Å². The number of phenols is 1. The Morgan fingerprint density at radius 2 is 1.75 bits per heavy atom. The molecular formula is C18H18BrNO4. The average Bonchev–Trinajstić information content (AvgIpc) is 2.52. The number of aryl methyl sites for hydroxylation is 2. The van der Waals surface area contributed by atoms with E-state index in [4.69, 9.17) is 4.74 Å². The molecule has 0 aliphatic heterocycles. The summed E-state index contributed by atoms with van der Waals surface area (Å²) in [5, 5.41) is 12.4. The number of halogens is 1. The van der Waals surface area contributed by atoms with E-state index in [-0.39, 0.29) is 11.3 Å². The van der Waals surface area contributed by atoms with Crippen LogP contribution >= 0.6 is 15.9 Å². The van der Waals surface area contributed by atoms with Crippen molar-refractivity contribution < 1.29 is 19.4 Å². The first-order chi connectivity index (χ1) is 11.3. The highest BCUT2D eigenvalue weighted by Crippen LogP contribution is 2.24. The van der Waals surface area contributed by atoms with Gasteiger partial charge in [0.05, 0.1) is 5.69 Å². The molecule has 2 aromatic carbocycles. The molecule has 1 atom stereocenters. The number of nitrogens with one attached hydrogen (secondary N) is 1. The Kier molecular flexibility index (Phi) is 5.62. The lowest BCUT2D eigenvalue weighted by atomic mass is 10.1. The molecule has 0 saturated carbocycles.